The van der Waals surface area contributed by atoms with Gasteiger partial charge in [-0.2, -0.15) is 0 Å². The predicted molar refractivity (Wildman–Crippen MR) is 138 cm³/mol. The second-order valence-corrected chi connectivity index (χ2v) is 13.3. The van der Waals surface area contributed by atoms with Gasteiger partial charge < -0.3 is 5.11 Å². The van der Waals surface area contributed by atoms with Gasteiger partial charge in [0.25, 0.3) is 0 Å². The van der Waals surface area contributed by atoms with E-state index in [9.17, 15) is 9.90 Å². The van der Waals surface area contributed by atoms with Crippen LogP contribution in [-0.2, 0) is 4.79 Å². The molecule has 4 aliphatic rings. The van der Waals surface area contributed by atoms with Crippen LogP contribution in [0.3, 0.4) is 0 Å². The molecular formula is C30H49ClO2. The lowest BCUT2D eigenvalue weighted by Gasteiger charge is -2.61. The van der Waals surface area contributed by atoms with Crippen molar-refractivity contribution in [1.82, 2.24) is 0 Å². The number of ketones is 1. The maximum absolute atomic E-state index is 12.4. The minimum atomic E-state index is -0.518. The summed E-state index contributed by atoms with van der Waals surface area (Å²) >= 11 is 5.79. The number of unbranched alkanes of at least 4 members (excludes halogenated alkanes) is 7. The molecule has 188 valence electrons. The van der Waals surface area contributed by atoms with Crippen LogP contribution in [-0.4, -0.2) is 22.4 Å². The van der Waals surface area contributed by atoms with Crippen molar-refractivity contribution in [3.8, 4) is 0 Å². The molecule has 4 rings (SSSR count). The van der Waals surface area contributed by atoms with Crippen LogP contribution in [0, 0.1) is 34.5 Å². The Bertz CT molecular complexity index is 727. The summed E-state index contributed by atoms with van der Waals surface area (Å²) in [7, 11) is 0. The molecule has 4 aliphatic carbocycles. The highest BCUT2D eigenvalue weighted by Gasteiger charge is 2.64. The van der Waals surface area contributed by atoms with Crippen LogP contribution in [0.1, 0.15) is 124 Å². The molecule has 0 aromatic heterocycles. The number of rotatable bonds is 10. The van der Waals surface area contributed by atoms with Crippen LogP contribution in [0.5, 0.6) is 0 Å². The smallest absolute Gasteiger partial charge is 0.155 e. The van der Waals surface area contributed by atoms with Gasteiger partial charge in [-0.25, -0.2) is 0 Å². The molecule has 3 saturated carbocycles. The highest BCUT2D eigenvalue weighted by atomic mass is 35.5. The third-order valence-electron chi connectivity index (χ3n) is 11.2. The Balaban J connectivity index is 1.43. The van der Waals surface area contributed by atoms with Gasteiger partial charge in [0.1, 0.15) is 0 Å². The number of carbonyl (C=O) groups excluding carboxylic acids is 1. The van der Waals surface area contributed by atoms with Gasteiger partial charge in [0.15, 0.2) is 5.78 Å². The van der Waals surface area contributed by atoms with Gasteiger partial charge >= 0.3 is 0 Å². The van der Waals surface area contributed by atoms with Gasteiger partial charge in [-0.15, -0.1) is 11.6 Å². The van der Waals surface area contributed by atoms with E-state index >= 15 is 0 Å². The number of alkyl halides is 1. The number of allylic oxidation sites excluding steroid dienone is 1. The third-order valence-corrected chi connectivity index (χ3v) is 11.4. The Hall–Kier alpha value is -0.340. The van der Waals surface area contributed by atoms with E-state index in [1.165, 1.54) is 69.8 Å². The molecule has 1 N–H and O–H groups in total. The minimum Gasteiger partial charge on any atom is -0.390 e. The lowest BCUT2D eigenvalue weighted by Crippen LogP contribution is -2.56. The Morgan fingerprint density at radius 2 is 1.55 bits per heavy atom. The molecular weight excluding hydrogens is 428 g/mol. The Morgan fingerprint density at radius 1 is 0.909 bits per heavy atom. The van der Waals surface area contributed by atoms with Crippen molar-refractivity contribution in [2.75, 3.05) is 5.88 Å². The second kappa shape index (κ2) is 10.3. The number of hydrogen-bond acceptors (Lipinski definition) is 2. The molecule has 0 bridgehead atoms. The fourth-order valence-corrected chi connectivity index (χ4v) is 8.99. The summed E-state index contributed by atoms with van der Waals surface area (Å²) in [5.41, 5.74) is 1.25. The second-order valence-electron chi connectivity index (χ2n) is 12.9. The molecule has 0 aromatic carbocycles. The van der Waals surface area contributed by atoms with Crippen molar-refractivity contribution in [3.63, 3.8) is 0 Å². The first-order valence-electron chi connectivity index (χ1n) is 14.3. The molecule has 0 amide bonds. The summed E-state index contributed by atoms with van der Waals surface area (Å²) in [4.78, 5) is 12.4. The monoisotopic (exact) mass is 476 g/mol. The summed E-state index contributed by atoms with van der Waals surface area (Å²) in [5, 5.41) is 11.3. The number of carbonyl (C=O) groups is 1. The van der Waals surface area contributed by atoms with Crippen molar-refractivity contribution in [2.24, 2.45) is 34.5 Å². The van der Waals surface area contributed by atoms with Crippen molar-refractivity contribution >= 4 is 17.4 Å². The number of hydrogen-bond donors (Lipinski definition) is 1. The van der Waals surface area contributed by atoms with Gasteiger partial charge in [-0.3, -0.25) is 4.79 Å². The quantitative estimate of drug-likeness (QED) is 0.254. The van der Waals surface area contributed by atoms with E-state index in [1.54, 1.807) is 0 Å². The van der Waals surface area contributed by atoms with Gasteiger partial charge in [0.05, 0.1) is 5.60 Å². The summed E-state index contributed by atoms with van der Waals surface area (Å²) in [5.74, 6) is 3.93. The zero-order valence-corrected chi connectivity index (χ0v) is 22.4. The van der Waals surface area contributed by atoms with Crippen LogP contribution >= 0.6 is 11.6 Å². The lowest BCUT2D eigenvalue weighted by molar-refractivity contribution is -0.135. The predicted octanol–water partition coefficient (Wildman–Crippen LogP) is 8.25. The van der Waals surface area contributed by atoms with Crippen LogP contribution in [0.4, 0.5) is 0 Å². The summed E-state index contributed by atoms with van der Waals surface area (Å²) in [6.45, 7) is 7.00. The first kappa shape index (κ1) is 25.7. The zero-order chi connectivity index (χ0) is 23.7. The van der Waals surface area contributed by atoms with Crippen molar-refractivity contribution in [2.45, 2.75) is 129 Å². The van der Waals surface area contributed by atoms with Crippen LogP contribution in [0.2, 0.25) is 0 Å². The summed E-state index contributed by atoms with van der Waals surface area (Å²) < 4.78 is 0. The molecule has 2 nitrogen and oxygen atoms in total. The highest BCUT2D eigenvalue weighted by Crippen LogP contribution is 2.69. The molecule has 3 unspecified atom stereocenters. The topological polar surface area (TPSA) is 37.3 Å². The van der Waals surface area contributed by atoms with E-state index in [4.69, 9.17) is 11.6 Å². The van der Waals surface area contributed by atoms with Crippen LogP contribution in [0.15, 0.2) is 11.6 Å². The van der Waals surface area contributed by atoms with Gasteiger partial charge in [0.2, 0.25) is 0 Å². The number of fused-ring (bicyclic) bond motifs is 5. The van der Waals surface area contributed by atoms with Gasteiger partial charge in [0, 0.05) is 12.3 Å². The Morgan fingerprint density at radius 3 is 2.24 bits per heavy atom. The van der Waals surface area contributed by atoms with Crippen molar-refractivity contribution in [3.05, 3.63) is 11.6 Å². The highest BCUT2D eigenvalue weighted by molar-refractivity contribution is 6.17. The molecule has 0 aromatic rings. The van der Waals surface area contributed by atoms with Gasteiger partial charge in [-0.05, 0) is 98.9 Å². The minimum absolute atomic E-state index is 0.0670. The van der Waals surface area contributed by atoms with Gasteiger partial charge in [-0.1, -0.05) is 64.4 Å². The first-order valence-corrected chi connectivity index (χ1v) is 14.8. The van der Waals surface area contributed by atoms with E-state index in [1.807, 2.05) is 0 Å². The fraction of sp³-hybridized carbons (Fsp3) is 0.900. The molecule has 3 heteroatoms. The molecule has 0 spiro atoms. The Kier molecular flexibility index (Phi) is 8.06. The maximum atomic E-state index is 12.4. The number of halogens is 1. The lowest BCUT2D eigenvalue weighted by atomic mass is 9.44. The molecule has 0 radical (unpaired) electrons. The average molecular weight is 477 g/mol. The molecule has 3 fully saturated rings. The Labute approximate surface area is 208 Å². The van der Waals surface area contributed by atoms with E-state index in [-0.39, 0.29) is 10.8 Å². The van der Waals surface area contributed by atoms with Crippen LogP contribution in [0.25, 0.3) is 0 Å². The van der Waals surface area contributed by atoms with Crippen LogP contribution < -0.4 is 0 Å². The maximum Gasteiger partial charge on any atom is 0.155 e. The van der Waals surface area contributed by atoms with E-state index in [0.717, 1.165) is 50.3 Å². The summed E-state index contributed by atoms with van der Waals surface area (Å²) in [6.07, 6.45) is 21.4. The normalized spacial score (nSPS) is 42.5. The molecule has 7 atom stereocenters. The van der Waals surface area contributed by atoms with Crippen molar-refractivity contribution < 1.29 is 9.90 Å². The average Bonchev–Trinajstić information content (AvgIpc) is 3.02. The van der Waals surface area contributed by atoms with E-state index < -0.39 is 5.60 Å². The zero-order valence-electron chi connectivity index (χ0n) is 21.6. The van der Waals surface area contributed by atoms with E-state index in [2.05, 4.69) is 26.8 Å². The third kappa shape index (κ3) is 4.87. The fourth-order valence-electron chi connectivity index (χ4n) is 8.81. The molecule has 0 heterocycles. The molecule has 0 aliphatic heterocycles. The number of aliphatic hydroxyl groups is 1. The summed E-state index contributed by atoms with van der Waals surface area (Å²) in [6, 6.07) is 0. The van der Waals surface area contributed by atoms with Crippen molar-refractivity contribution in [1.29, 1.82) is 0 Å². The molecule has 33 heavy (non-hydrogen) atoms. The SMILES string of the molecule is C[C@]12CCC(=O)C=C1C[C@@H](CCCCCCCCCCCl)C1C2CC[C@@]2(C)C1CC[C@]2(C)O. The first-order chi connectivity index (χ1) is 15.7. The molecule has 0 saturated heterocycles. The standard InChI is InChI=1S/C30H49ClO2/c1-28-16-13-24(32)21-23(28)20-22(12-10-8-6-4-5-7-9-11-19-31)27-25(28)14-17-29(2)26(27)15-18-30(29,3)33/h21-22,25-27,33H,4-20H2,1-3H3/t22-,25?,26?,27?,28+,29+,30+/m1/s1. The largest absolute Gasteiger partial charge is 0.390 e. The van der Waals surface area contributed by atoms with E-state index in [0.29, 0.717) is 23.5 Å².